The summed E-state index contributed by atoms with van der Waals surface area (Å²) >= 11 is 6.04. The molecule has 1 spiro atoms. The van der Waals surface area contributed by atoms with Gasteiger partial charge < -0.3 is 23.4 Å². The zero-order valence-electron chi connectivity index (χ0n) is 14.7. The van der Waals surface area contributed by atoms with Gasteiger partial charge in [0.1, 0.15) is 12.2 Å². The number of ether oxygens (including phenoxy) is 4. The molecular formula is C19H27ClO5. The number of halogens is 1. The summed E-state index contributed by atoms with van der Waals surface area (Å²) in [5, 5.41) is 0.382. The Morgan fingerprint density at radius 3 is 2.80 bits per heavy atom. The van der Waals surface area contributed by atoms with E-state index < -0.39 is 5.79 Å². The first-order chi connectivity index (χ1) is 12.2. The molecule has 2 saturated heterocycles. The van der Waals surface area contributed by atoms with Gasteiger partial charge in [-0.2, -0.15) is 0 Å². The maximum absolute atomic E-state index is 6.41. The first-order valence-corrected chi connectivity index (χ1v) is 9.93. The van der Waals surface area contributed by atoms with Gasteiger partial charge >= 0.3 is 0 Å². The van der Waals surface area contributed by atoms with Gasteiger partial charge in [0.2, 0.25) is 0 Å². The summed E-state index contributed by atoms with van der Waals surface area (Å²) in [5.41, 5.74) is 0.852. The van der Waals surface area contributed by atoms with E-state index >= 15 is 0 Å². The fourth-order valence-corrected chi connectivity index (χ4v) is 4.34. The van der Waals surface area contributed by atoms with Crippen LogP contribution in [0.15, 0.2) is 16.7 Å². The van der Waals surface area contributed by atoms with Crippen molar-refractivity contribution in [1.82, 2.24) is 0 Å². The van der Waals surface area contributed by atoms with Crippen LogP contribution in [-0.4, -0.2) is 30.4 Å². The van der Waals surface area contributed by atoms with E-state index in [1.54, 1.807) is 6.26 Å². The van der Waals surface area contributed by atoms with Gasteiger partial charge in [-0.3, -0.25) is 0 Å². The lowest BCUT2D eigenvalue weighted by Crippen LogP contribution is -2.40. The Kier molecular flexibility index (Phi) is 5.39. The van der Waals surface area contributed by atoms with Crippen LogP contribution in [0, 0.1) is 0 Å². The highest BCUT2D eigenvalue weighted by Crippen LogP contribution is 2.46. The van der Waals surface area contributed by atoms with E-state index in [0.29, 0.717) is 11.8 Å². The van der Waals surface area contributed by atoms with Crippen molar-refractivity contribution in [3.05, 3.63) is 23.1 Å². The van der Waals surface area contributed by atoms with E-state index in [1.165, 1.54) is 6.42 Å². The van der Waals surface area contributed by atoms with Crippen LogP contribution in [0.1, 0.15) is 63.9 Å². The highest BCUT2D eigenvalue weighted by molar-refractivity contribution is 6.29. The summed E-state index contributed by atoms with van der Waals surface area (Å²) < 4.78 is 30.2. The molecule has 6 heteroatoms. The van der Waals surface area contributed by atoms with Crippen LogP contribution in [0.5, 0.6) is 0 Å². The van der Waals surface area contributed by atoms with Crippen LogP contribution < -0.4 is 0 Å². The molecule has 140 valence electrons. The minimum Gasteiger partial charge on any atom is -0.453 e. The minimum atomic E-state index is -0.460. The van der Waals surface area contributed by atoms with E-state index in [4.69, 9.17) is 35.0 Å². The maximum atomic E-state index is 6.41. The molecule has 1 aromatic rings. The van der Waals surface area contributed by atoms with Crippen LogP contribution in [0.3, 0.4) is 0 Å². The molecule has 5 nitrogen and oxygen atoms in total. The van der Waals surface area contributed by atoms with Gasteiger partial charge in [0.15, 0.2) is 17.3 Å². The van der Waals surface area contributed by atoms with Crippen LogP contribution in [0.4, 0.5) is 0 Å². The molecule has 1 saturated carbocycles. The Hall–Kier alpha value is -0.590. The number of hydrogen-bond acceptors (Lipinski definition) is 5. The highest BCUT2D eigenvalue weighted by Gasteiger charge is 2.58. The van der Waals surface area contributed by atoms with Gasteiger partial charge in [-0.05, 0) is 36.9 Å². The predicted octanol–water partition coefficient (Wildman–Crippen LogP) is 4.81. The Balaban J connectivity index is 1.45. The summed E-state index contributed by atoms with van der Waals surface area (Å²) in [6.07, 6.45) is 9.59. The topological polar surface area (TPSA) is 50.1 Å². The number of rotatable bonds is 6. The standard InChI is InChI=1S/C19H27ClO5/c1-2-3-7-14-15(22-12-13-8-11-21-17(13)20)16-18(23-14)25-19(24-16)9-5-4-6-10-19/h8,11,14-16,18H,2-7,9-10,12H2,1H3/t14-,15+,16-,18-/m1/s1. The van der Waals surface area contributed by atoms with Crippen LogP contribution in [0.25, 0.3) is 0 Å². The number of hydrogen-bond donors (Lipinski definition) is 0. The Morgan fingerprint density at radius 1 is 1.24 bits per heavy atom. The lowest BCUT2D eigenvalue weighted by molar-refractivity contribution is -0.249. The predicted molar refractivity (Wildman–Crippen MR) is 92.3 cm³/mol. The average molecular weight is 371 g/mol. The average Bonchev–Trinajstić information content (AvgIpc) is 3.25. The van der Waals surface area contributed by atoms with Crippen LogP contribution >= 0.6 is 11.6 Å². The van der Waals surface area contributed by atoms with Crippen LogP contribution in [-0.2, 0) is 25.6 Å². The van der Waals surface area contributed by atoms with Gasteiger partial charge in [0, 0.05) is 18.4 Å². The monoisotopic (exact) mass is 370 g/mol. The van der Waals surface area contributed by atoms with E-state index in [1.807, 2.05) is 6.07 Å². The summed E-state index contributed by atoms with van der Waals surface area (Å²) in [4.78, 5) is 0. The smallest absolute Gasteiger partial charge is 0.198 e. The van der Waals surface area contributed by atoms with E-state index in [9.17, 15) is 0 Å². The molecule has 0 N–H and O–H groups in total. The molecule has 25 heavy (non-hydrogen) atoms. The zero-order valence-corrected chi connectivity index (χ0v) is 15.5. The SMILES string of the molecule is CCCC[C@H]1O[C@@H]2OC3(CCCCC3)O[C@@H]2[C@H]1OCc1ccoc1Cl. The molecule has 0 unspecified atom stereocenters. The molecule has 1 aliphatic carbocycles. The van der Waals surface area contributed by atoms with E-state index in [2.05, 4.69) is 6.92 Å². The third-order valence-electron chi connectivity index (χ3n) is 5.53. The summed E-state index contributed by atoms with van der Waals surface area (Å²) in [6.45, 7) is 2.58. The quantitative estimate of drug-likeness (QED) is 0.719. The molecule has 3 heterocycles. The molecule has 1 aromatic heterocycles. The third-order valence-corrected chi connectivity index (χ3v) is 5.86. The number of fused-ring (bicyclic) bond motifs is 1. The van der Waals surface area contributed by atoms with Crippen molar-refractivity contribution >= 4 is 11.6 Å². The molecule has 4 rings (SSSR count). The summed E-state index contributed by atoms with van der Waals surface area (Å²) in [5.74, 6) is -0.460. The van der Waals surface area contributed by atoms with Gasteiger partial charge in [0.25, 0.3) is 0 Å². The first-order valence-electron chi connectivity index (χ1n) is 9.55. The second-order valence-electron chi connectivity index (χ2n) is 7.35. The maximum Gasteiger partial charge on any atom is 0.198 e. The lowest BCUT2D eigenvalue weighted by Gasteiger charge is -2.34. The second-order valence-corrected chi connectivity index (χ2v) is 7.70. The lowest BCUT2D eigenvalue weighted by atomic mass is 9.94. The Labute approximate surface area is 153 Å². The number of furan rings is 1. The Morgan fingerprint density at radius 2 is 2.08 bits per heavy atom. The van der Waals surface area contributed by atoms with E-state index in [-0.39, 0.29) is 24.6 Å². The van der Waals surface area contributed by atoms with Crippen molar-refractivity contribution in [2.75, 3.05) is 0 Å². The fourth-order valence-electron chi connectivity index (χ4n) is 4.17. The minimum absolute atomic E-state index is 0.00145. The molecule has 0 amide bonds. The van der Waals surface area contributed by atoms with Crippen molar-refractivity contribution < 1.29 is 23.4 Å². The first kappa shape index (κ1) is 17.8. The van der Waals surface area contributed by atoms with E-state index in [0.717, 1.165) is 50.5 Å². The van der Waals surface area contributed by atoms with Crippen LogP contribution in [0.2, 0.25) is 5.22 Å². The van der Waals surface area contributed by atoms with Crippen molar-refractivity contribution in [2.24, 2.45) is 0 Å². The normalized spacial score (nSPS) is 33.8. The second kappa shape index (κ2) is 7.57. The van der Waals surface area contributed by atoms with Gasteiger partial charge in [-0.15, -0.1) is 0 Å². The van der Waals surface area contributed by atoms with Crippen molar-refractivity contribution in [3.63, 3.8) is 0 Å². The number of unbranched alkanes of at least 4 members (excludes halogenated alkanes) is 1. The van der Waals surface area contributed by atoms with Crippen molar-refractivity contribution in [3.8, 4) is 0 Å². The molecule has 0 bridgehead atoms. The zero-order chi connectivity index (χ0) is 17.3. The molecule has 0 aromatic carbocycles. The molecule has 0 radical (unpaired) electrons. The highest BCUT2D eigenvalue weighted by atomic mass is 35.5. The molecular weight excluding hydrogens is 344 g/mol. The molecule has 3 fully saturated rings. The van der Waals surface area contributed by atoms with Gasteiger partial charge in [-0.25, -0.2) is 0 Å². The molecule has 3 aliphatic rings. The largest absolute Gasteiger partial charge is 0.453 e. The van der Waals surface area contributed by atoms with Gasteiger partial charge in [-0.1, -0.05) is 26.2 Å². The summed E-state index contributed by atoms with van der Waals surface area (Å²) in [7, 11) is 0. The molecule has 4 atom stereocenters. The fraction of sp³-hybridized carbons (Fsp3) is 0.789. The Bertz CT molecular complexity index is 568. The van der Waals surface area contributed by atoms with Gasteiger partial charge in [0.05, 0.1) is 19.0 Å². The summed E-state index contributed by atoms with van der Waals surface area (Å²) in [6, 6.07) is 1.84. The third kappa shape index (κ3) is 3.62. The van der Waals surface area contributed by atoms with Crippen molar-refractivity contribution in [2.45, 2.75) is 95.3 Å². The molecule has 2 aliphatic heterocycles. The van der Waals surface area contributed by atoms with Crippen molar-refractivity contribution in [1.29, 1.82) is 0 Å².